The molecule has 0 fully saturated rings. The number of carbonyl (C=O) groups excluding carboxylic acids is 2. The highest BCUT2D eigenvalue weighted by atomic mass is 35.5. The molecule has 0 aliphatic rings. The van der Waals surface area contributed by atoms with Crippen molar-refractivity contribution in [3.63, 3.8) is 0 Å². The third-order valence-corrected chi connectivity index (χ3v) is 1.55. The van der Waals surface area contributed by atoms with Crippen molar-refractivity contribution in [3.8, 4) is 12.3 Å². The molecule has 0 bridgehead atoms. The maximum absolute atomic E-state index is 10.3. The summed E-state index contributed by atoms with van der Waals surface area (Å²) in [5.74, 6) is 2.40. The van der Waals surface area contributed by atoms with Crippen molar-refractivity contribution in [2.75, 3.05) is 0 Å². The van der Waals surface area contributed by atoms with Crippen molar-refractivity contribution < 1.29 is 9.59 Å². The Bertz CT molecular complexity index is 285. The molecule has 0 aromatic carbocycles. The van der Waals surface area contributed by atoms with E-state index in [0.29, 0.717) is 6.42 Å². The Morgan fingerprint density at radius 1 is 1.29 bits per heavy atom. The second kappa shape index (κ2) is 12.9. The van der Waals surface area contributed by atoms with Crippen molar-refractivity contribution in [3.05, 3.63) is 12.7 Å². The molecule has 0 heterocycles. The van der Waals surface area contributed by atoms with Gasteiger partial charge >= 0.3 is 0 Å². The summed E-state index contributed by atoms with van der Waals surface area (Å²) in [6.45, 7) is 6.42. The topological polar surface area (TPSA) is 86.2 Å². The standard InChI is InChI=1S/C6H11NO.C6H9NO.ClH/c2*1-3-6(7)4-5(2)8;/h3,6H,1,4,7H2,2H3;1,6H,4,7H2,2H3;1H/t2*6-;/m11./s1. The van der Waals surface area contributed by atoms with Crippen LogP contribution in [-0.2, 0) is 9.59 Å². The maximum atomic E-state index is 10.3. The lowest BCUT2D eigenvalue weighted by Crippen LogP contribution is -2.19. The number of hydrogen-bond acceptors (Lipinski definition) is 4. The van der Waals surface area contributed by atoms with Crippen LogP contribution in [0.3, 0.4) is 0 Å². The van der Waals surface area contributed by atoms with E-state index in [1.807, 2.05) is 0 Å². The summed E-state index contributed by atoms with van der Waals surface area (Å²) >= 11 is 0. The fraction of sp³-hybridized carbons (Fsp3) is 0.500. The summed E-state index contributed by atoms with van der Waals surface area (Å²) in [4.78, 5) is 20.5. The Morgan fingerprint density at radius 2 is 1.71 bits per heavy atom. The molecule has 0 radical (unpaired) electrons. The molecule has 0 rings (SSSR count). The van der Waals surface area contributed by atoms with Crippen molar-refractivity contribution in [1.29, 1.82) is 0 Å². The Morgan fingerprint density at radius 3 is 1.82 bits per heavy atom. The molecule has 0 aromatic heterocycles. The smallest absolute Gasteiger partial charge is 0.132 e. The fourth-order valence-electron chi connectivity index (χ4n) is 0.784. The van der Waals surface area contributed by atoms with Gasteiger partial charge in [-0.1, -0.05) is 12.0 Å². The van der Waals surface area contributed by atoms with Gasteiger partial charge in [-0.25, -0.2) is 0 Å². The van der Waals surface area contributed by atoms with Gasteiger partial charge in [0, 0.05) is 18.9 Å². The van der Waals surface area contributed by atoms with Gasteiger partial charge < -0.3 is 11.5 Å². The Kier molecular flexibility index (Phi) is 16.1. The van der Waals surface area contributed by atoms with E-state index in [4.69, 9.17) is 17.9 Å². The number of hydrogen-bond donors (Lipinski definition) is 2. The summed E-state index contributed by atoms with van der Waals surface area (Å²) < 4.78 is 0. The summed E-state index contributed by atoms with van der Waals surface area (Å²) in [7, 11) is 0. The highest BCUT2D eigenvalue weighted by Crippen LogP contribution is 1.88. The lowest BCUT2D eigenvalue weighted by atomic mass is 10.2. The van der Waals surface area contributed by atoms with E-state index < -0.39 is 6.04 Å². The van der Waals surface area contributed by atoms with Crippen molar-refractivity contribution >= 4 is 24.0 Å². The van der Waals surface area contributed by atoms with Gasteiger partial charge in [0.15, 0.2) is 0 Å². The van der Waals surface area contributed by atoms with Crippen LogP contribution in [0.5, 0.6) is 0 Å². The lowest BCUT2D eigenvalue weighted by Gasteiger charge is -1.98. The molecule has 4 nitrogen and oxygen atoms in total. The van der Waals surface area contributed by atoms with Crippen LogP contribution in [0, 0.1) is 12.3 Å². The van der Waals surface area contributed by atoms with Crippen molar-refractivity contribution in [2.24, 2.45) is 11.5 Å². The van der Waals surface area contributed by atoms with Gasteiger partial charge in [0.25, 0.3) is 0 Å². The Hall–Kier alpha value is -1.15. The number of Topliss-reactive ketones (excluding diaryl/α,β-unsaturated/α-hetero) is 2. The molecule has 0 amide bonds. The normalized spacial score (nSPS) is 11.7. The molecule has 0 aliphatic heterocycles. The molecule has 98 valence electrons. The van der Waals surface area contributed by atoms with Gasteiger partial charge in [0.1, 0.15) is 11.6 Å². The number of rotatable bonds is 5. The predicted octanol–water partition coefficient (Wildman–Crippen LogP) is 0.827. The molecule has 2 atom stereocenters. The molecule has 0 aliphatic carbocycles. The minimum Gasteiger partial charge on any atom is -0.324 e. The third-order valence-electron chi connectivity index (χ3n) is 1.55. The molecule has 0 spiro atoms. The monoisotopic (exact) mass is 260 g/mol. The Balaban J connectivity index is -0.000000218. The molecule has 0 unspecified atom stereocenters. The Labute approximate surface area is 109 Å². The SMILES string of the molecule is C#C[C@@H](N)CC(C)=O.C=C[C@@H](N)CC(C)=O.Cl. The van der Waals surface area contributed by atoms with Crippen LogP contribution in [0.15, 0.2) is 12.7 Å². The van der Waals surface area contributed by atoms with Crippen LogP contribution < -0.4 is 11.5 Å². The van der Waals surface area contributed by atoms with Crippen LogP contribution >= 0.6 is 12.4 Å². The molecule has 0 saturated carbocycles. The van der Waals surface area contributed by atoms with E-state index in [9.17, 15) is 9.59 Å². The van der Waals surface area contributed by atoms with Crippen molar-refractivity contribution in [1.82, 2.24) is 0 Å². The molecule has 5 heteroatoms. The van der Waals surface area contributed by atoms with E-state index >= 15 is 0 Å². The van der Waals surface area contributed by atoms with Gasteiger partial charge in [-0.15, -0.1) is 25.4 Å². The molecule has 17 heavy (non-hydrogen) atoms. The van der Waals surface area contributed by atoms with Crippen LogP contribution in [0.25, 0.3) is 0 Å². The summed E-state index contributed by atoms with van der Waals surface area (Å²) in [5, 5.41) is 0. The number of halogens is 1. The van der Waals surface area contributed by atoms with E-state index in [-0.39, 0.29) is 36.4 Å². The molecule has 4 N–H and O–H groups in total. The first-order valence-corrected chi connectivity index (χ1v) is 4.92. The van der Waals surface area contributed by atoms with Crippen LogP contribution in [0.1, 0.15) is 26.7 Å². The summed E-state index contributed by atoms with van der Waals surface area (Å²) in [6, 6.07) is -0.556. The van der Waals surface area contributed by atoms with Gasteiger partial charge in [-0.3, -0.25) is 9.59 Å². The zero-order chi connectivity index (χ0) is 13.1. The first-order valence-electron chi connectivity index (χ1n) is 4.92. The highest BCUT2D eigenvalue weighted by Gasteiger charge is 1.99. The number of ketones is 2. The van der Waals surface area contributed by atoms with E-state index in [1.165, 1.54) is 13.8 Å². The zero-order valence-electron chi connectivity index (χ0n) is 10.3. The van der Waals surface area contributed by atoms with Crippen LogP contribution in [0.2, 0.25) is 0 Å². The zero-order valence-corrected chi connectivity index (χ0v) is 11.1. The molecule has 0 aromatic rings. The van der Waals surface area contributed by atoms with E-state index in [1.54, 1.807) is 6.08 Å². The first-order chi connectivity index (χ1) is 7.33. The number of nitrogens with two attached hydrogens (primary N) is 2. The average Bonchev–Trinajstić information content (AvgIpc) is 2.16. The molecule has 0 saturated heterocycles. The van der Waals surface area contributed by atoms with Gasteiger partial charge in [-0.2, -0.15) is 0 Å². The summed E-state index contributed by atoms with van der Waals surface area (Å²) in [6.07, 6.45) is 7.16. The van der Waals surface area contributed by atoms with Crippen LogP contribution in [-0.4, -0.2) is 23.7 Å². The number of carbonyl (C=O) groups is 2. The predicted molar refractivity (Wildman–Crippen MR) is 72.8 cm³/mol. The highest BCUT2D eigenvalue weighted by molar-refractivity contribution is 5.85. The molecular weight excluding hydrogens is 240 g/mol. The summed E-state index contributed by atoms with van der Waals surface area (Å²) in [5.41, 5.74) is 10.6. The minimum atomic E-state index is -0.396. The number of terminal acetylenes is 1. The van der Waals surface area contributed by atoms with E-state index in [2.05, 4.69) is 12.5 Å². The van der Waals surface area contributed by atoms with Gasteiger partial charge in [0.05, 0.1) is 6.04 Å². The largest absolute Gasteiger partial charge is 0.324 e. The second-order valence-corrected chi connectivity index (χ2v) is 3.48. The van der Waals surface area contributed by atoms with Crippen molar-refractivity contribution in [2.45, 2.75) is 38.8 Å². The fourth-order valence-corrected chi connectivity index (χ4v) is 0.784. The third kappa shape index (κ3) is 20.8. The average molecular weight is 261 g/mol. The lowest BCUT2D eigenvalue weighted by molar-refractivity contribution is -0.117. The molecular formula is C12H21ClN2O2. The van der Waals surface area contributed by atoms with Gasteiger partial charge in [0.2, 0.25) is 0 Å². The maximum Gasteiger partial charge on any atom is 0.132 e. The first kappa shape index (κ1) is 21.2. The van der Waals surface area contributed by atoms with Crippen LogP contribution in [0.4, 0.5) is 0 Å². The minimum absolute atomic E-state index is 0. The quantitative estimate of drug-likeness (QED) is 0.566. The van der Waals surface area contributed by atoms with E-state index in [0.717, 1.165) is 0 Å². The second-order valence-electron chi connectivity index (χ2n) is 3.48. The van der Waals surface area contributed by atoms with Gasteiger partial charge in [-0.05, 0) is 13.8 Å².